The second kappa shape index (κ2) is 6.33. The summed E-state index contributed by atoms with van der Waals surface area (Å²) in [5.74, 6) is -0.174. The van der Waals surface area contributed by atoms with Crippen LogP contribution in [0.5, 0.6) is 0 Å². The van der Waals surface area contributed by atoms with Gasteiger partial charge in [0.1, 0.15) is 0 Å². The minimum atomic E-state index is -0.174. The van der Waals surface area contributed by atoms with Gasteiger partial charge in [0, 0.05) is 13.1 Å². The van der Waals surface area contributed by atoms with E-state index < -0.39 is 0 Å². The summed E-state index contributed by atoms with van der Waals surface area (Å²) in [6.45, 7) is 1.52. The minimum Gasteiger partial charge on any atom is -0.394 e. The number of nitrogens with one attached hydrogen (secondary N) is 1. The highest BCUT2D eigenvalue weighted by atomic mass is 16.3. The molecule has 2 heterocycles. The standard InChI is InChI=1S/C17H21N5O2/c23-11-16(12-4-2-1-3-5-12)21-8-13(9-21)18-17(24)15-10-22(20-19-15)14-6-7-14/h1-5,10,13-14,16,23H,6-9,11H2,(H,18,24). The smallest absolute Gasteiger partial charge is 0.273 e. The predicted octanol–water partition coefficient (Wildman–Crippen LogP) is 0.761. The normalized spacial score (nSPS) is 19.7. The molecule has 24 heavy (non-hydrogen) atoms. The molecule has 1 aromatic heterocycles. The van der Waals surface area contributed by atoms with Crippen LogP contribution in [0, 0.1) is 0 Å². The Morgan fingerprint density at radius 2 is 2.04 bits per heavy atom. The van der Waals surface area contributed by atoms with Gasteiger partial charge in [-0.25, -0.2) is 4.68 Å². The van der Waals surface area contributed by atoms with Gasteiger partial charge in [-0.2, -0.15) is 0 Å². The third-order valence-electron chi connectivity index (χ3n) is 4.71. The number of carbonyl (C=O) groups is 1. The lowest BCUT2D eigenvalue weighted by Crippen LogP contribution is -2.60. The van der Waals surface area contributed by atoms with Crippen molar-refractivity contribution in [2.45, 2.75) is 31.0 Å². The van der Waals surface area contributed by atoms with Crippen molar-refractivity contribution in [3.63, 3.8) is 0 Å². The van der Waals surface area contributed by atoms with Crippen LogP contribution < -0.4 is 5.32 Å². The average molecular weight is 327 g/mol. The van der Waals surface area contributed by atoms with Gasteiger partial charge >= 0.3 is 0 Å². The maximum atomic E-state index is 12.2. The summed E-state index contributed by atoms with van der Waals surface area (Å²) >= 11 is 0. The summed E-state index contributed by atoms with van der Waals surface area (Å²) in [5, 5.41) is 20.6. The SMILES string of the molecule is O=C(NC1CN(C(CO)c2ccccc2)C1)c1cn(C2CC2)nn1. The van der Waals surface area contributed by atoms with E-state index in [0.717, 1.165) is 31.5 Å². The molecule has 0 spiro atoms. The molecule has 2 N–H and O–H groups in total. The molecule has 1 aromatic carbocycles. The Balaban J connectivity index is 1.31. The highest BCUT2D eigenvalue weighted by molar-refractivity contribution is 5.92. The van der Waals surface area contributed by atoms with E-state index in [2.05, 4.69) is 20.5 Å². The Bertz CT molecular complexity index is 707. The molecule has 1 amide bonds. The zero-order chi connectivity index (χ0) is 16.5. The van der Waals surface area contributed by atoms with Crippen molar-refractivity contribution in [3.8, 4) is 0 Å². The lowest BCUT2D eigenvalue weighted by Gasteiger charge is -2.44. The number of aliphatic hydroxyl groups excluding tert-OH is 1. The van der Waals surface area contributed by atoms with E-state index in [1.54, 1.807) is 10.9 Å². The Hall–Kier alpha value is -2.25. The van der Waals surface area contributed by atoms with Crippen molar-refractivity contribution in [2.24, 2.45) is 0 Å². The molecule has 1 aliphatic carbocycles. The summed E-state index contributed by atoms with van der Waals surface area (Å²) in [6.07, 6.45) is 3.96. The number of aromatic nitrogens is 3. The number of hydrogen-bond donors (Lipinski definition) is 2. The van der Waals surface area contributed by atoms with E-state index in [-0.39, 0.29) is 24.6 Å². The molecule has 2 aromatic rings. The van der Waals surface area contributed by atoms with Gasteiger partial charge < -0.3 is 10.4 Å². The first-order valence-corrected chi connectivity index (χ1v) is 8.37. The highest BCUT2D eigenvalue weighted by Gasteiger charge is 2.34. The number of benzene rings is 1. The fourth-order valence-corrected chi connectivity index (χ4v) is 3.12. The largest absolute Gasteiger partial charge is 0.394 e. The molecule has 1 atom stereocenters. The van der Waals surface area contributed by atoms with Crippen molar-refractivity contribution >= 4 is 5.91 Å². The van der Waals surface area contributed by atoms with E-state index in [9.17, 15) is 9.90 Å². The Morgan fingerprint density at radius 1 is 1.29 bits per heavy atom. The molecule has 2 aliphatic rings. The second-order valence-electron chi connectivity index (χ2n) is 6.55. The van der Waals surface area contributed by atoms with Gasteiger partial charge in [0.25, 0.3) is 5.91 Å². The molecule has 126 valence electrons. The van der Waals surface area contributed by atoms with E-state index >= 15 is 0 Å². The molecular weight excluding hydrogens is 306 g/mol. The van der Waals surface area contributed by atoms with Crippen molar-refractivity contribution < 1.29 is 9.90 Å². The van der Waals surface area contributed by atoms with Gasteiger partial charge in [0.05, 0.1) is 30.9 Å². The topological polar surface area (TPSA) is 83.3 Å². The fourth-order valence-electron chi connectivity index (χ4n) is 3.12. The molecule has 7 heteroatoms. The van der Waals surface area contributed by atoms with Gasteiger partial charge in [-0.3, -0.25) is 9.69 Å². The Labute approximate surface area is 140 Å². The van der Waals surface area contributed by atoms with Gasteiger partial charge in [-0.15, -0.1) is 5.10 Å². The summed E-state index contributed by atoms with van der Waals surface area (Å²) in [4.78, 5) is 14.4. The highest BCUT2D eigenvalue weighted by Crippen LogP contribution is 2.33. The molecule has 0 radical (unpaired) electrons. The van der Waals surface area contributed by atoms with E-state index in [1.807, 2.05) is 30.3 Å². The molecule has 1 aliphatic heterocycles. The Morgan fingerprint density at radius 3 is 2.71 bits per heavy atom. The molecular formula is C17H21N5O2. The van der Waals surface area contributed by atoms with Gasteiger partial charge in [0.15, 0.2) is 5.69 Å². The summed E-state index contributed by atoms with van der Waals surface area (Å²) < 4.78 is 1.78. The summed E-state index contributed by atoms with van der Waals surface area (Å²) in [6, 6.07) is 10.4. The number of nitrogens with zero attached hydrogens (tertiary/aromatic N) is 4. The average Bonchev–Trinajstić information content (AvgIpc) is 3.31. The van der Waals surface area contributed by atoms with E-state index in [1.165, 1.54) is 0 Å². The van der Waals surface area contributed by atoms with E-state index in [0.29, 0.717) is 11.7 Å². The lowest BCUT2D eigenvalue weighted by molar-refractivity contribution is 0.0395. The lowest BCUT2D eigenvalue weighted by atomic mass is 9.99. The summed E-state index contributed by atoms with van der Waals surface area (Å²) in [7, 11) is 0. The third kappa shape index (κ3) is 3.05. The zero-order valence-corrected chi connectivity index (χ0v) is 13.4. The maximum absolute atomic E-state index is 12.2. The van der Waals surface area contributed by atoms with Crippen LogP contribution in [0.15, 0.2) is 36.5 Å². The number of carbonyl (C=O) groups excluding carboxylic acids is 1. The number of rotatable bonds is 6. The predicted molar refractivity (Wildman–Crippen MR) is 87.4 cm³/mol. The van der Waals surface area contributed by atoms with Crippen LogP contribution in [0.3, 0.4) is 0 Å². The van der Waals surface area contributed by atoms with Crippen LogP contribution in [0.4, 0.5) is 0 Å². The molecule has 4 rings (SSSR count). The van der Waals surface area contributed by atoms with Gasteiger partial charge in [-0.1, -0.05) is 35.5 Å². The molecule has 1 unspecified atom stereocenters. The third-order valence-corrected chi connectivity index (χ3v) is 4.71. The monoisotopic (exact) mass is 327 g/mol. The fraction of sp³-hybridized carbons (Fsp3) is 0.471. The van der Waals surface area contributed by atoms with Crippen LogP contribution in [0.2, 0.25) is 0 Å². The molecule has 1 saturated heterocycles. The molecule has 2 fully saturated rings. The zero-order valence-electron chi connectivity index (χ0n) is 13.4. The first-order valence-electron chi connectivity index (χ1n) is 8.37. The maximum Gasteiger partial charge on any atom is 0.273 e. The van der Waals surface area contributed by atoms with Crippen molar-refractivity contribution in [1.29, 1.82) is 0 Å². The molecule has 0 bridgehead atoms. The number of hydrogen-bond acceptors (Lipinski definition) is 5. The van der Waals surface area contributed by atoms with Crippen LogP contribution >= 0.6 is 0 Å². The first-order chi connectivity index (χ1) is 11.7. The molecule has 1 saturated carbocycles. The van der Waals surface area contributed by atoms with Crippen molar-refractivity contribution in [2.75, 3.05) is 19.7 Å². The van der Waals surface area contributed by atoms with Crippen molar-refractivity contribution in [1.82, 2.24) is 25.2 Å². The molecule has 7 nitrogen and oxygen atoms in total. The number of aliphatic hydroxyl groups is 1. The van der Waals surface area contributed by atoms with E-state index in [4.69, 9.17) is 0 Å². The number of amides is 1. The summed E-state index contributed by atoms with van der Waals surface area (Å²) in [5.41, 5.74) is 1.47. The van der Waals surface area contributed by atoms with Gasteiger partial charge in [0.2, 0.25) is 0 Å². The second-order valence-corrected chi connectivity index (χ2v) is 6.55. The van der Waals surface area contributed by atoms with Crippen LogP contribution in [-0.2, 0) is 0 Å². The van der Waals surface area contributed by atoms with Gasteiger partial charge in [-0.05, 0) is 18.4 Å². The van der Waals surface area contributed by atoms with Crippen LogP contribution in [0.25, 0.3) is 0 Å². The van der Waals surface area contributed by atoms with Crippen LogP contribution in [-0.4, -0.2) is 56.6 Å². The Kier molecular flexibility index (Phi) is 4.03. The van der Waals surface area contributed by atoms with Crippen LogP contribution in [0.1, 0.15) is 41.0 Å². The minimum absolute atomic E-state index is 0.0184. The first kappa shape index (κ1) is 15.3. The number of likely N-dealkylation sites (tertiary alicyclic amines) is 1. The quantitative estimate of drug-likeness (QED) is 0.818. The van der Waals surface area contributed by atoms with Crippen molar-refractivity contribution in [3.05, 3.63) is 47.8 Å².